The maximum atomic E-state index is 13.9. The van der Waals surface area contributed by atoms with Gasteiger partial charge in [0, 0.05) is 31.3 Å². The lowest BCUT2D eigenvalue weighted by Gasteiger charge is -2.25. The van der Waals surface area contributed by atoms with E-state index in [9.17, 15) is 18.7 Å². The van der Waals surface area contributed by atoms with Crippen LogP contribution in [0.15, 0.2) is 60.7 Å². The zero-order valence-electron chi connectivity index (χ0n) is 25.0. The largest absolute Gasteiger partial charge is 0.390 e. The highest BCUT2D eigenvalue weighted by molar-refractivity contribution is 5.94. The average molecular weight is 625 g/mol. The van der Waals surface area contributed by atoms with Gasteiger partial charge in [0.05, 0.1) is 12.1 Å². The summed E-state index contributed by atoms with van der Waals surface area (Å²) in [6.07, 6.45) is 2.24. The first-order valence-corrected chi connectivity index (χ1v) is 14.2. The van der Waals surface area contributed by atoms with Gasteiger partial charge in [0.15, 0.2) is 0 Å². The second-order valence-electron chi connectivity index (χ2n) is 10.7. The highest BCUT2D eigenvalue weighted by atomic mass is 35.5. The number of benzene rings is 3. The zero-order valence-corrected chi connectivity index (χ0v) is 26.6. The molecule has 3 rings (SSSR count). The number of hydrogen-bond acceptors (Lipinski definition) is 4. The molecule has 0 unspecified atom stereocenters. The molecule has 0 spiro atoms. The molecule has 3 aromatic carbocycles. The number of aliphatic hydroxyl groups is 1. The molecule has 0 saturated carbocycles. The molecule has 3 aromatic rings. The van der Waals surface area contributed by atoms with Crippen molar-refractivity contribution in [3.05, 3.63) is 106 Å². The predicted molar refractivity (Wildman–Crippen MR) is 172 cm³/mol. The van der Waals surface area contributed by atoms with Crippen molar-refractivity contribution in [2.24, 2.45) is 0 Å². The molecule has 232 valence electrons. The number of rotatable bonds is 15. The van der Waals surface area contributed by atoms with Crippen molar-refractivity contribution in [1.82, 2.24) is 15.5 Å². The van der Waals surface area contributed by atoms with Crippen LogP contribution in [0.3, 0.4) is 0 Å². The van der Waals surface area contributed by atoms with Crippen LogP contribution in [0.4, 0.5) is 8.78 Å². The van der Waals surface area contributed by atoms with Gasteiger partial charge in [-0.15, -0.1) is 24.8 Å². The van der Waals surface area contributed by atoms with Gasteiger partial charge in [0.2, 0.25) is 0 Å². The Morgan fingerprint density at radius 3 is 2.29 bits per heavy atom. The van der Waals surface area contributed by atoms with Gasteiger partial charge in [-0.05, 0) is 86.3 Å². The summed E-state index contributed by atoms with van der Waals surface area (Å²) in [5.41, 5.74) is 5.17. The van der Waals surface area contributed by atoms with Gasteiger partial charge in [-0.3, -0.25) is 4.79 Å². The fraction of sp³-hybridized carbons (Fsp3) is 0.424. The monoisotopic (exact) mass is 623 g/mol. The number of unbranched alkanes of at least 4 members (excludes halogenated alkanes) is 1. The molecular weight excluding hydrogens is 579 g/mol. The van der Waals surface area contributed by atoms with Crippen LogP contribution in [0, 0.1) is 18.6 Å². The van der Waals surface area contributed by atoms with Crippen molar-refractivity contribution in [3.63, 3.8) is 0 Å². The van der Waals surface area contributed by atoms with E-state index in [4.69, 9.17) is 0 Å². The van der Waals surface area contributed by atoms with E-state index in [0.717, 1.165) is 55.1 Å². The normalized spacial score (nSPS) is 12.3. The van der Waals surface area contributed by atoms with Gasteiger partial charge in [-0.1, -0.05) is 56.2 Å². The SMILES string of the molecule is CCCCN(C)Cc1cc(C)cc(C(=O)N[C@@H](Cc2cc(F)cc(F)c2)[C@@H](O)CNCc2cccc(CC)c2)c1.Cl.Cl. The molecule has 0 aliphatic rings. The van der Waals surface area contributed by atoms with Crippen LogP contribution in [-0.2, 0) is 25.9 Å². The van der Waals surface area contributed by atoms with Crippen molar-refractivity contribution in [3.8, 4) is 0 Å². The number of carbonyl (C=O) groups is 1. The number of halogens is 4. The molecule has 0 bridgehead atoms. The Kier molecular flexibility index (Phi) is 16.8. The lowest BCUT2D eigenvalue weighted by Crippen LogP contribution is -2.48. The lowest BCUT2D eigenvalue weighted by atomic mass is 9.99. The van der Waals surface area contributed by atoms with Crippen molar-refractivity contribution in [2.75, 3.05) is 20.1 Å². The summed E-state index contributed by atoms with van der Waals surface area (Å²) in [5, 5.41) is 17.3. The first kappa shape index (κ1) is 37.5. The number of nitrogens with one attached hydrogen (secondary N) is 2. The van der Waals surface area contributed by atoms with E-state index in [0.29, 0.717) is 17.7 Å². The molecule has 9 heteroatoms. The standard InChI is InChI=1S/C33H43F2N3O2.2ClH/c1-5-7-11-38(4)22-27-12-23(3)13-28(15-27)33(40)37-31(18-26-16-29(34)19-30(35)17-26)32(39)21-36-20-25-10-8-9-24(6-2)14-25;;/h8-10,12-17,19,31-32,36,39H,5-7,11,18,20-22H2,1-4H3,(H,37,40);2*1H/t31-,32-;;/m0../s1. The number of hydrogen-bond donors (Lipinski definition) is 3. The smallest absolute Gasteiger partial charge is 0.251 e. The third-order valence-electron chi connectivity index (χ3n) is 6.99. The number of aliphatic hydroxyl groups excluding tert-OH is 1. The van der Waals surface area contributed by atoms with Crippen molar-refractivity contribution >= 4 is 30.7 Å². The van der Waals surface area contributed by atoms with Gasteiger partial charge in [-0.2, -0.15) is 0 Å². The molecule has 0 fully saturated rings. The fourth-order valence-electron chi connectivity index (χ4n) is 4.89. The molecule has 0 saturated heterocycles. The van der Waals surface area contributed by atoms with Gasteiger partial charge in [-0.25, -0.2) is 8.78 Å². The molecule has 42 heavy (non-hydrogen) atoms. The summed E-state index contributed by atoms with van der Waals surface area (Å²) in [7, 11) is 2.06. The summed E-state index contributed by atoms with van der Waals surface area (Å²) >= 11 is 0. The third-order valence-corrected chi connectivity index (χ3v) is 6.99. The molecule has 0 radical (unpaired) electrons. The Labute approximate surface area is 261 Å². The van der Waals surface area contributed by atoms with Crippen molar-refractivity contribution in [2.45, 2.75) is 71.7 Å². The van der Waals surface area contributed by atoms with Crippen molar-refractivity contribution in [1.29, 1.82) is 0 Å². The fourth-order valence-corrected chi connectivity index (χ4v) is 4.89. The Morgan fingerprint density at radius 1 is 0.929 bits per heavy atom. The lowest BCUT2D eigenvalue weighted by molar-refractivity contribution is 0.0829. The minimum Gasteiger partial charge on any atom is -0.390 e. The van der Waals surface area contributed by atoms with E-state index in [1.807, 2.05) is 31.2 Å². The van der Waals surface area contributed by atoms with Gasteiger partial charge < -0.3 is 20.6 Å². The second-order valence-corrected chi connectivity index (χ2v) is 10.7. The maximum absolute atomic E-state index is 13.9. The summed E-state index contributed by atoms with van der Waals surface area (Å²) in [6, 6.07) is 16.5. The molecule has 0 heterocycles. The molecule has 0 aliphatic heterocycles. The number of nitrogens with zero attached hydrogens (tertiary/aromatic N) is 1. The van der Waals surface area contributed by atoms with Crippen molar-refractivity contribution < 1.29 is 18.7 Å². The number of aryl methyl sites for hydroxylation is 2. The van der Waals surface area contributed by atoms with Crippen LogP contribution in [0.5, 0.6) is 0 Å². The molecule has 0 aromatic heterocycles. The third kappa shape index (κ3) is 12.4. The summed E-state index contributed by atoms with van der Waals surface area (Å²) in [5.74, 6) is -1.73. The molecule has 5 nitrogen and oxygen atoms in total. The van der Waals surface area contributed by atoms with E-state index in [1.165, 1.54) is 17.7 Å². The molecule has 2 atom stereocenters. The summed E-state index contributed by atoms with van der Waals surface area (Å²) in [6.45, 7) is 8.64. The first-order valence-electron chi connectivity index (χ1n) is 14.2. The summed E-state index contributed by atoms with van der Waals surface area (Å²) in [4.78, 5) is 15.6. The molecule has 1 amide bonds. The Morgan fingerprint density at radius 2 is 1.62 bits per heavy atom. The highest BCUT2D eigenvalue weighted by Crippen LogP contribution is 2.16. The quantitative estimate of drug-likeness (QED) is 0.183. The van der Waals surface area contributed by atoms with Crippen LogP contribution in [0.2, 0.25) is 0 Å². The number of amides is 1. The maximum Gasteiger partial charge on any atom is 0.251 e. The highest BCUT2D eigenvalue weighted by Gasteiger charge is 2.23. The average Bonchev–Trinajstić information content (AvgIpc) is 2.90. The van der Waals surface area contributed by atoms with E-state index in [-0.39, 0.29) is 43.7 Å². The minimum atomic E-state index is -0.992. The van der Waals surface area contributed by atoms with E-state index in [1.54, 1.807) is 0 Å². The van der Waals surface area contributed by atoms with Crippen LogP contribution >= 0.6 is 24.8 Å². The molecule has 3 N–H and O–H groups in total. The van der Waals surface area contributed by atoms with Crippen LogP contribution in [0.25, 0.3) is 0 Å². The van der Waals surface area contributed by atoms with Crippen LogP contribution in [0.1, 0.15) is 64.9 Å². The summed E-state index contributed by atoms with van der Waals surface area (Å²) < 4.78 is 27.8. The Hall–Kier alpha value is -2.55. The van der Waals surface area contributed by atoms with Crippen LogP contribution < -0.4 is 10.6 Å². The predicted octanol–water partition coefficient (Wildman–Crippen LogP) is 6.40. The van der Waals surface area contributed by atoms with E-state index >= 15 is 0 Å². The number of carbonyl (C=O) groups excluding carboxylic acids is 1. The zero-order chi connectivity index (χ0) is 29.1. The molecular formula is C33H45Cl2F2N3O2. The minimum absolute atomic E-state index is 0. The first-order chi connectivity index (χ1) is 19.2. The topological polar surface area (TPSA) is 64.6 Å². The molecule has 0 aliphatic carbocycles. The second kappa shape index (κ2) is 18.9. The van der Waals surface area contributed by atoms with Gasteiger partial charge in [0.1, 0.15) is 11.6 Å². The Balaban J connectivity index is 0.00000441. The van der Waals surface area contributed by atoms with Gasteiger partial charge in [0.25, 0.3) is 5.91 Å². The van der Waals surface area contributed by atoms with Crippen LogP contribution in [-0.4, -0.2) is 48.2 Å². The van der Waals surface area contributed by atoms with E-state index < -0.39 is 23.8 Å². The Bertz CT molecular complexity index is 1240. The van der Waals surface area contributed by atoms with Gasteiger partial charge >= 0.3 is 0 Å². The van der Waals surface area contributed by atoms with E-state index in [2.05, 4.69) is 54.6 Å².